The molecule has 0 aromatic heterocycles. The lowest BCUT2D eigenvalue weighted by molar-refractivity contribution is -0.153. The Morgan fingerprint density at radius 3 is 2.33 bits per heavy atom. The third-order valence-corrected chi connectivity index (χ3v) is 4.89. The average molecular weight is 467 g/mol. The van der Waals surface area contributed by atoms with Crippen LogP contribution in [0.1, 0.15) is 15.9 Å². The van der Waals surface area contributed by atoms with Crippen LogP contribution in [0.3, 0.4) is 0 Å². The number of carbonyl (C=O) groups is 1. The molecule has 1 amide bonds. The van der Waals surface area contributed by atoms with Crippen molar-refractivity contribution in [2.24, 2.45) is 5.14 Å². The number of ether oxygens (including phenoxy) is 1. The number of hydrogen-bond donors (Lipinski definition) is 2. The van der Waals surface area contributed by atoms with Crippen LogP contribution in [0.25, 0.3) is 0 Å². The highest BCUT2D eigenvalue weighted by Crippen LogP contribution is 2.21. The Bertz CT molecular complexity index is 932. The van der Waals surface area contributed by atoms with E-state index in [-0.39, 0.29) is 22.8 Å². The summed E-state index contributed by atoms with van der Waals surface area (Å²) in [6, 6.07) is 9.50. The van der Waals surface area contributed by atoms with E-state index < -0.39 is 28.7 Å². The summed E-state index contributed by atoms with van der Waals surface area (Å²) in [5, 5.41) is 7.63. The molecule has 0 fully saturated rings. The molecule has 0 saturated carbocycles. The Balaban J connectivity index is 2.01. The first-order chi connectivity index (χ1) is 12.5. The Morgan fingerprint density at radius 2 is 1.78 bits per heavy atom. The second-order valence-electron chi connectivity index (χ2n) is 5.42. The van der Waals surface area contributed by atoms with Crippen LogP contribution in [0, 0.1) is 0 Å². The fourth-order valence-corrected chi connectivity index (χ4v) is 2.97. The second-order valence-corrected chi connectivity index (χ2v) is 7.83. The highest BCUT2D eigenvalue weighted by Gasteiger charge is 2.28. The van der Waals surface area contributed by atoms with E-state index in [4.69, 9.17) is 5.14 Å². The van der Waals surface area contributed by atoms with Crippen molar-refractivity contribution in [3.05, 3.63) is 58.1 Å². The molecule has 11 heteroatoms. The van der Waals surface area contributed by atoms with Gasteiger partial charge in [-0.05, 0) is 51.8 Å². The molecule has 2 rings (SSSR count). The highest BCUT2D eigenvalue weighted by atomic mass is 79.9. The molecule has 0 spiro atoms. The molecule has 3 N–H and O–H groups in total. The van der Waals surface area contributed by atoms with Gasteiger partial charge in [-0.3, -0.25) is 4.79 Å². The number of rotatable bonds is 6. The SMILES string of the molecule is NS(=O)(=O)c1ccc(Br)c(C(=O)NCc2ccc(OCC(F)(F)F)cc2)c1. The fraction of sp³-hybridized carbons (Fsp3) is 0.188. The van der Waals surface area contributed by atoms with Crippen LogP contribution >= 0.6 is 15.9 Å². The van der Waals surface area contributed by atoms with Crippen molar-refractivity contribution >= 4 is 31.9 Å². The van der Waals surface area contributed by atoms with Crippen molar-refractivity contribution < 1.29 is 31.1 Å². The Kier molecular flexibility index (Phi) is 6.50. The van der Waals surface area contributed by atoms with Crippen LogP contribution in [-0.4, -0.2) is 27.1 Å². The summed E-state index contributed by atoms with van der Waals surface area (Å²) in [6.45, 7) is -1.32. The number of primary sulfonamides is 1. The number of carbonyl (C=O) groups excluding carboxylic acids is 1. The van der Waals surface area contributed by atoms with Crippen molar-refractivity contribution in [2.75, 3.05) is 6.61 Å². The molecule has 27 heavy (non-hydrogen) atoms. The van der Waals surface area contributed by atoms with E-state index in [0.717, 1.165) is 6.07 Å². The van der Waals surface area contributed by atoms with Gasteiger partial charge in [-0.2, -0.15) is 13.2 Å². The molecule has 0 saturated heterocycles. The third-order valence-electron chi connectivity index (χ3n) is 3.29. The summed E-state index contributed by atoms with van der Waals surface area (Å²) in [5.74, 6) is -0.504. The monoisotopic (exact) mass is 466 g/mol. The summed E-state index contributed by atoms with van der Waals surface area (Å²) in [6.07, 6.45) is -4.43. The fourth-order valence-electron chi connectivity index (χ4n) is 2.00. The second kappa shape index (κ2) is 8.28. The molecule has 6 nitrogen and oxygen atoms in total. The number of amides is 1. The first kappa shape index (κ1) is 21.2. The van der Waals surface area contributed by atoms with Gasteiger partial charge >= 0.3 is 6.18 Å². The summed E-state index contributed by atoms with van der Waals surface area (Å²) < 4.78 is 64.1. The molecule has 0 radical (unpaired) electrons. The molecule has 0 aliphatic heterocycles. The molecule has 0 aliphatic rings. The molecule has 0 aliphatic carbocycles. The van der Waals surface area contributed by atoms with Gasteiger partial charge in [0.15, 0.2) is 6.61 Å². The smallest absolute Gasteiger partial charge is 0.422 e. The lowest BCUT2D eigenvalue weighted by Crippen LogP contribution is -2.24. The van der Waals surface area contributed by atoms with Gasteiger partial charge in [0.2, 0.25) is 10.0 Å². The van der Waals surface area contributed by atoms with E-state index in [0.29, 0.717) is 10.0 Å². The molecule has 2 aromatic carbocycles. The van der Waals surface area contributed by atoms with Crippen molar-refractivity contribution in [3.63, 3.8) is 0 Å². The zero-order valence-corrected chi connectivity index (χ0v) is 16.0. The molecule has 0 heterocycles. The molecule has 0 bridgehead atoms. The van der Waals surface area contributed by atoms with E-state index in [9.17, 15) is 26.4 Å². The number of benzene rings is 2. The highest BCUT2D eigenvalue weighted by molar-refractivity contribution is 9.10. The Hall–Kier alpha value is -2.11. The quantitative estimate of drug-likeness (QED) is 0.683. The first-order valence-electron chi connectivity index (χ1n) is 7.35. The van der Waals surface area contributed by atoms with E-state index >= 15 is 0 Å². The minimum Gasteiger partial charge on any atom is -0.484 e. The first-order valence-corrected chi connectivity index (χ1v) is 9.69. The lowest BCUT2D eigenvalue weighted by atomic mass is 10.2. The largest absolute Gasteiger partial charge is 0.484 e. The van der Waals surface area contributed by atoms with Crippen molar-refractivity contribution in [1.29, 1.82) is 0 Å². The van der Waals surface area contributed by atoms with Gasteiger partial charge in [-0.15, -0.1) is 0 Å². The third kappa shape index (κ3) is 6.52. The predicted octanol–water partition coefficient (Wildman–Crippen LogP) is 2.97. The van der Waals surface area contributed by atoms with E-state index in [1.165, 1.54) is 36.4 Å². The number of alkyl halides is 3. The van der Waals surface area contributed by atoms with E-state index in [2.05, 4.69) is 26.0 Å². The summed E-state index contributed by atoms with van der Waals surface area (Å²) >= 11 is 3.16. The van der Waals surface area contributed by atoms with Crippen molar-refractivity contribution in [2.45, 2.75) is 17.6 Å². The number of hydrogen-bond acceptors (Lipinski definition) is 4. The number of nitrogens with two attached hydrogens (primary N) is 1. The van der Waals surface area contributed by atoms with Gasteiger partial charge < -0.3 is 10.1 Å². The van der Waals surface area contributed by atoms with Crippen molar-refractivity contribution in [3.8, 4) is 5.75 Å². The van der Waals surface area contributed by atoms with Crippen LogP contribution in [-0.2, 0) is 16.6 Å². The van der Waals surface area contributed by atoms with E-state index in [1.807, 2.05) is 0 Å². The minimum atomic E-state index is -4.43. The number of sulfonamides is 1. The number of halogens is 4. The van der Waals surface area contributed by atoms with Crippen LogP contribution in [0.15, 0.2) is 51.8 Å². The molecule has 146 valence electrons. The molecular formula is C16H14BrF3N2O4S. The van der Waals surface area contributed by atoms with Crippen LogP contribution in [0.5, 0.6) is 5.75 Å². The van der Waals surface area contributed by atoms with Gasteiger partial charge in [0, 0.05) is 11.0 Å². The average Bonchev–Trinajstić information content (AvgIpc) is 2.57. The van der Waals surface area contributed by atoms with Gasteiger partial charge in [0.05, 0.1) is 10.5 Å². The van der Waals surface area contributed by atoms with Gasteiger partial charge in [-0.1, -0.05) is 12.1 Å². The Labute approximate surface area is 161 Å². The van der Waals surface area contributed by atoms with E-state index in [1.54, 1.807) is 0 Å². The molecule has 0 atom stereocenters. The van der Waals surface area contributed by atoms with Gasteiger partial charge in [0.1, 0.15) is 5.75 Å². The minimum absolute atomic E-state index is 0.0472. The Morgan fingerprint density at radius 1 is 1.15 bits per heavy atom. The maximum Gasteiger partial charge on any atom is 0.422 e. The maximum absolute atomic E-state index is 12.3. The molecular weight excluding hydrogens is 453 g/mol. The van der Waals surface area contributed by atoms with Gasteiger partial charge in [-0.25, -0.2) is 13.6 Å². The maximum atomic E-state index is 12.3. The van der Waals surface area contributed by atoms with Gasteiger partial charge in [0.25, 0.3) is 5.91 Å². The number of nitrogens with one attached hydrogen (secondary N) is 1. The zero-order chi connectivity index (χ0) is 20.2. The van der Waals surface area contributed by atoms with Crippen LogP contribution in [0.4, 0.5) is 13.2 Å². The summed E-state index contributed by atoms with van der Waals surface area (Å²) in [7, 11) is -3.96. The van der Waals surface area contributed by atoms with Crippen LogP contribution in [0.2, 0.25) is 0 Å². The predicted molar refractivity (Wildman–Crippen MR) is 94.7 cm³/mol. The molecule has 0 unspecified atom stereocenters. The zero-order valence-electron chi connectivity index (χ0n) is 13.6. The lowest BCUT2D eigenvalue weighted by Gasteiger charge is -2.11. The van der Waals surface area contributed by atoms with Crippen LogP contribution < -0.4 is 15.2 Å². The molecule has 2 aromatic rings. The summed E-state index contributed by atoms with van der Waals surface area (Å²) in [4.78, 5) is 12.1. The standard InChI is InChI=1S/C16H14BrF3N2O4S/c17-14-6-5-12(27(21,24)25)7-13(14)15(23)22-8-10-1-3-11(4-2-10)26-9-16(18,19)20/h1-7H,8-9H2,(H,22,23)(H2,21,24,25). The topological polar surface area (TPSA) is 98.5 Å². The normalized spacial score (nSPS) is 11.9. The summed E-state index contributed by atoms with van der Waals surface area (Å²) in [5.41, 5.74) is 0.688. The van der Waals surface area contributed by atoms with Crippen molar-refractivity contribution in [1.82, 2.24) is 5.32 Å².